The molecule has 17 heavy (non-hydrogen) atoms. The second kappa shape index (κ2) is 5.19. The van der Waals surface area contributed by atoms with Gasteiger partial charge in [-0.3, -0.25) is 0 Å². The minimum atomic E-state index is -0.717. The molecule has 0 spiro atoms. The van der Waals surface area contributed by atoms with Crippen molar-refractivity contribution in [1.82, 2.24) is 0 Å². The molecule has 0 aliphatic carbocycles. The van der Waals surface area contributed by atoms with Gasteiger partial charge >= 0.3 is 0 Å². The molecule has 2 nitrogen and oxygen atoms in total. The highest BCUT2D eigenvalue weighted by atomic mass is 16.3. The first-order valence-corrected chi connectivity index (χ1v) is 6.17. The summed E-state index contributed by atoms with van der Waals surface area (Å²) in [6.45, 7) is 7.25. The molecule has 0 unspecified atom stereocenters. The Balaban J connectivity index is 2.87. The van der Waals surface area contributed by atoms with Crippen LogP contribution < -0.4 is 0 Å². The van der Waals surface area contributed by atoms with Crippen LogP contribution in [0.3, 0.4) is 0 Å². The lowest BCUT2D eigenvalue weighted by Crippen LogP contribution is -2.28. The Morgan fingerprint density at radius 1 is 0.882 bits per heavy atom. The quantitative estimate of drug-likeness (QED) is 0.824. The van der Waals surface area contributed by atoms with Crippen molar-refractivity contribution in [2.24, 2.45) is 0 Å². The molecule has 2 N–H and O–H groups in total. The molecule has 1 aromatic rings. The fourth-order valence-electron chi connectivity index (χ4n) is 2.24. The van der Waals surface area contributed by atoms with E-state index in [0.717, 1.165) is 0 Å². The van der Waals surface area contributed by atoms with E-state index in [0.29, 0.717) is 12.8 Å². The summed E-state index contributed by atoms with van der Waals surface area (Å²) in [7, 11) is 0. The molecule has 0 aromatic heterocycles. The van der Waals surface area contributed by atoms with Crippen LogP contribution >= 0.6 is 0 Å². The van der Waals surface area contributed by atoms with Crippen LogP contribution in [0.1, 0.15) is 52.0 Å². The summed E-state index contributed by atoms with van der Waals surface area (Å²) in [4.78, 5) is 0. The van der Waals surface area contributed by atoms with Crippen molar-refractivity contribution in [1.29, 1.82) is 0 Å². The van der Waals surface area contributed by atoms with Gasteiger partial charge in [-0.1, -0.05) is 30.3 Å². The SMILES string of the molecule is CC(C)(O)CC(CC(C)(C)O)c1ccccc1. The van der Waals surface area contributed by atoms with Crippen molar-refractivity contribution in [3.05, 3.63) is 35.9 Å². The van der Waals surface area contributed by atoms with E-state index < -0.39 is 11.2 Å². The highest BCUT2D eigenvalue weighted by Gasteiger charge is 2.26. The standard InChI is InChI=1S/C15H24O2/c1-14(2,16)10-13(11-15(3,4)17)12-8-6-5-7-9-12/h5-9,13,16-17H,10-11H2,1-4H3. The Hall–Kier alpha value is -0.860. The zero-order valence-electron chi connectivity index (χ0n) is 11.3. The predicted octanol–water partition coefficient (Wildman–Crippen LogP) is 3.09. The van der Waals surface area contributed by atoms with Crippen LogP contribution in [0.25, 0.3) is 0 Å². The van der Waals surface area contributed by atoms with Crippen molar-refractivity contribution in [2.45, 2.75) is 57.7 Å². The minimum Gasteiger partial charge on any atom is -0.390 e. The fourth-order valence-corrected chi connectivity index (χ4v) is 2.24. The average molecular weight is 236 g/mol. The van der Waals surface area contributed by atoms with Crippen molar-refractivity contribution >= 4 is 0 Å². The number of hydrogen-bond acceptors (Lipinski definition) is 2. The summed E-state index contributed by atoms with van der Waals surface area (Å²) in [5.74, 6) is 0.177. The van der Waals surface area contributed by atoms with Gasteiger partial charge in [0.05, 0.1) is 11.2 Å². The summed E-state index contributed by atoms with van der Waals surface area (Å²) >= 11 is 0. The van der Waals surface area contributed by atoms with Gasteiger partial charge in [-0.2, -0.15) is 0 Å². The predicted molar refractivity (Wildman–Crippen MR) is 71.0 cm³/mol. The molecule has 96 valence electrons. The maximum absolute atomic E-state index is 9.96. The van der Waals surface area contributed by atoms with E-state index in [9.17, 15) is 10.2 Å². The van der Waals surface area contributed by atoms with Gasteiger partial charge in [0.25, 0.3) is 0 Å². The molecular formula is C15H24O2. The van der Waals surface area contributed by atoms with Crippen molar-refractivity contribution in [2.75, 3.05) is 0 Å². The largest absolute Gasteiger partial charge is 0.390 e. The molecule has 0 aliphatic heterocycles. The smallest absolute Gasteiger partial charge is 0.0597 e. The molecular weight excluding hydrogens is 212 g/mol. The first kappa shape index (κ1) is 14.2. The third-order valence-electron chi connectivity index (χ3n) is 2.76. The summed E-state index contributed by atoms with van der Waals surface area (Å²) < 4.78 is 0. The van der Waals surface area contributed by atoms with Gasteiger partial charge in [0.1, 0.15) is 0 Å². The molecule has 0 saturated carbocycles. The van der Waals surface area contributed by atoms with Crippen LogP contribution in [-0.2, 0) is 0 Å². The Bertz CT molecular complexity index is 314. The number of rotatable bonds is 5. The zero-order chi connectivity index (χ0) is 13.1. The van der Waals surface area contributed by atoms with Crippen molar-refractivity contribution in [3.8, 4) is 0 Å². The summed E-state index contributed by atoms with van der Waals surface area (Å²) in [6.07, 6.45) is 1.31. The molecule has 1 aromatic carbocycles. The van der Waals surface area contributed by atoms with Gasteiger partial charge < -0.3 is 10.2 Å². The van der Waals surface area contributed by atoms with E-state index in [4.69, 9.17) is 0 Å². The lowest BCUT2D eigenvalue weighted by molar-refractivity contribution is 0.0312. The van der Waals surface area contributed by atoms with E-state index in [-0.39, 0.29) is 5.92 Å². The van der Waals surface area contributed by atoms with E-state index in [1.165, 1.54) is 5.56 Å². The molecule has 2 heteroatoms. The molecule has 0 heterocycles. The van der Waals surface area contributed by atoms with Gasteiger partial charge in [-0.15, -0.1) is 0 Å². The Morgan fingerprint density at radius 2 is 1.29 bits per heavy atom. The molecule has 0 amide bonds. The molecule has 0 radical (unpaired) electrons. The summed E-state index contributed by atoms with van der Waals surface area (Å²) in [6, 6.07) is 10.1. The first-order chi connectivity index (χ1) is 7.67. The van der Waals surface area contributed by atoms with Crippen LogP contribution in [0.15, 0.2) is 30.3 Å². The third-order valence-corrected chi connectivity index (χ3v) is 2.76. The monoisotopic (exact) mass is 236 g/mol. The second-order valence-electron chi connectivity index (χ2n) is 6.14. The van der Waals surface area contributed by atoms with Gasteiger partial charge in [0, 0.05) is 0 Å². The van der Waals surface area contributed by atoms with Gasteiger partial charge in [-0.25, -0.2) is 0 Å². The van der Waals surface area contributed by atoms with Crippen LogP contribution in [0.5, 0.6) is 0 Å². The average Bonchev–Trinajstić information content (AvgIpc) is 2.14. The summed E-state index contributed by atoms with van der Waals surface area (Å²) in [5, 5.41) is 19.9. The van der Waals surface area contributed by atoms with Crippen LogP contribution in [0.4, 0.5) is 0 Å². The highest BCUT2D eigenvalue weighted by molar-refractivity contribution is 5.20. The van der Waals surface area contributed by atoms with E-state index >= 15 is 0 Å². The van der Waals surface area contributed by atoms with Gasteiger partial charge in [-0.05, 0) is 52.0 Å². The molecule has 0 atom stereocenters. The maximum atomic E-state index is 9.96. The van der Waals surface area contributed by atoms with E-state index in [1.54, 1.807) is 0 Å². The lowest BCUT2D eigenvalue weighted by atomic mass is 9.81. The highest BCUT2D eigenvalue weighted by Crippen LogP contribution is 2.32. The van der Waals surface area contributed by atoms with Crippen LogP contribution in [-0.4, -0.2) is 21.4 Å². The maximum Gasteiger partial charge on any atom is 0.0597 e. The number of hydrogen-bond donors (Lipinski definition) is 2. The van der Waals surface area contributed by atoms with Gasteiger partial charge in [0.15, 0.2) is 0 Å². The normalized spacial score (nSPS) is 13.1. The molecule has 1 rings (SSSR count). The van der Waals surface area contributed by atoms with Crippen LogP contribution in [0.2, 0.25) is 0 Å². The van der Waals surface area contributed by atoms with Crippen molar-refractivity contribution < 1.29 is 10.2 Å². The summed E-state index contributed by atoms with van der Waals surface area (Å²) in [5.41, 5.74) is -0.255. The fraction of sp³-hybridized carbons (Fsp3) is 0.600. The topological polar surface area (TPSA) is 40.5 Å². The Morgan fingerprint density at radius 3 is 1.65 bits per heavy atom. The molecule has 0 bridgehead atoms. The van der Waals surface area contributed by atoms with Crippen LogP contribution in [0, 0.1) is 0 Å². The molecule has 0 saturated heterocycles. The van der Waals surface area contributed by atoms with E-state index in [2.05, 4.69) is 12.1 Å². The lowest BCUT2D eigenvalue weighted by Gasteiger charge is -2.30. The third kappa shape index (κ3) is 5.85. The minimum absolute atomic E-state index is 0.177. The van der Waals surface area contributed by atoms with E-state index in [1.807, 2.05) is 45.9 Å². The zero-order valence-corrected chi connectivity index (χ0v) is 11.3. The van der Waals surface area contributed by atoms with Gasteiger partial charge in [0.2, 0.25) is 0 Å². The number of aliphatic hydroxyl groups is 2. The number of benzene rings is 1. The molecule has 0 fully saturated rings. The van der Waals surface area contributed by atoms with Crippen molar-refractivity contribution in [3.63, 3.8) is 0 Å². The molecule has 0 aliphatic rings. The Labute approximate surface area is 104 Å². The first-order valence-electron chi connectivity index (χ1n) is 6.17. The Kier molecular flexibility index (Phi) is 4.34. The second-order valence-corrected chi connectivity index (χ2v) is 6.14.